The average molecular weight is 481 g/mol. The Morgan fingerprint density at radius 1 is 0.771 bits per heavy atom. The third-order valence-electron chi connectivity index (χ3n) is 4.22. The van der Waals surface area contributed by atoms with Gasteiger partial charge in [0.15, 0.2) is 23.0 Å². The maximum absolute atomic E-state index is 12.0. The van der Waals surface area contributed by atoms with Gasteiger partial charge in [0.05, 0.1) is 26.6 Å². The van der Waals surface area contributed by atoms with E-state index in [1.165, 1.54) is 26.6 Å². The number of amides is 2. The smallest absolute Gasteiger partial charge is 0.249 e. The van der Waals surface area contributed by atoms with Crippen LogP contribution in [0.4, 0.5) is 0 Å². The lowest BCUT2D eigenvalue weighted by molar-refractivity contribution is -0.129. The topological polar surface area (TPSA) is 120 Å². The van der Waals surface area contributed by atoms with E-state index in [9.17, 15) is 9.59 Å². The van der Waals surface area contributed by atoms with Crippen LogP contribution in [0.3, 0.4) is 0 Å². The molecule has 2 amide bonds. The molecular formula is C25H28N4O6. The molecular weight excluding hydrogens is 452 g/mol. The maximum atomic E-state index is 12.0. The minimum atomic E-state index is -0.600. The number of rotatable bonds is 14. The fraction of sp³-hybridized carbons (Fsp3) is 0.200. The van der Waals surface area contributed by atoms with Gasteiger partial charge in [-0.05, 0) is 47.5 Å². The van der Waals surface area contributed by atoms with E-state index >= 15 is 0 Å². The molecule has 0 bridgehead atoms. The molecule has 2 N–H and O–H groups in total. The van der Waals surface area contributed by atoms with Crippen LogP contribution in [0.5, 0.6) is 23.0 Å². The molecule has 0 spiro atoms. The van der Waals surface area contributed by atoms with E-state index in [1.54, 1.807) is 48.6 Å². The molecule has 2 rings (SSSR count). The van der Waals surface area contributed by atoms with Crippen LogP contribution in [0.15, 0.2) is 71.9 Å². The van der Waals surface area contributed by atoms with Crippen molar-refractivity contribution in [2.45, 2.75) is 6.42 Å². The quantitative estimate of drug-likeness (QED) is 0.186. The molecule has 0 radical (unpaired) electrons. The molecule has 0 saturated carbocycles. The number of ether oxygens (including phenoxy) is 4. The molecule has 0 saturated heterocycles. The molecule has 0 fully saturated rings. The SMILES string of the molecule is C=CCOc1ccc(C=NNC(=O)CC(=O)NN=Cc2ccc(OCC=C)c(OC)c2)cc1OC. The van der Waals surface area contributed by atoms with Gasteiger partial charge < -0.3 is 18.9 Å². The van der Waals surface area contributed by atoms with E-state index in [0.717, 1.165) is 0 Å². The first-order chi connectivity index (χ1) is 17.0. The molecule has 10 nitrogen and oxygen atoms in total. The van der Waals surface area contributed by atoms with Crippen LogP contribution < -0.4 is 29.8 Å². The number of nitrogens with one attached hydrogen (secondary N) is 2. The van der Waals surface area contributed by atoms with Crippen LogP contribution >= 0.6 is 0 Å². The summed E-state index contributed by atoms with van der Waals surface area (Å²) in [4.78, 5) is 23.9. The normalized spacial score (nSPS) is 10.6. The number of methoxy groups -OCH3 is 2. The van der Waals surface area contributed by atoms with Gasteiger partial charge in [-0.3, -0.25) is 9.59 Å². The zero-order chi connectivity index (χ0) is 25.5. The number of hydrogen-bond donors (Lipinski definition) is 2. The van der Waals surface area contributed by atoms with E-state index in [-0.39, 0.29) is 0 Å². The first-order valence-electron chi connectivity index (χ1n) is 10.5. The van der Waals surface area contributed by atoms with Crippen molar-refractivity contribution in [1.82, 2.24) is 10.9 Å². The fourth-order valence-corrected chi connectivity index (χ4v) is 2.65. The van der Waals surface area contributed by atoms with Crippen molar-refractivity contribution in [3.05, 3.63) is 72.8 Å². The minimum Gasteiger partial charge on any atom is -0.493 e. The molecule has 0 unspecified atom stereocenters. The molecule has 0 heterocycles. The molecule has 35 heavy (non-hydrogen) atoms. The summed E-state index contributed by atoms with van der Waals surface area (Å²) in [5.41, 5.74) is 5.91. The fourth-order valence-electron chi connectivity index (χ4n) is 2.65. The zero-order valence-corrected chi connectivity index (χ0v) is 19.7. The number of hydrazone groups is 2. The molecule has 184 valence electrons. The summed E-state index contributed by atoms with van der Waals surface area (Å²) >= 11 is 0. The Morgan fingerprint density at radius 2 is 1.20 bits per heavy atom. The summed E-state index contributed by atoms with van der Waals surface area (Å²) in [7, 11) is 3.04. The van der Waals surface area contributed by atoms with Gasteiger partial charge in [-0.1, -0.05) is 25.3 Å². The number of nitrogens with zero attached hydrogens (tertiary/aromatic N) is 2. The zero-order valence-electron chi connectivity index (χ0n) is 19.7. The van der Waals surface area contributed by atoms with Crippen molar-refractivity contribution < 1.29 is 28.5 Å². The summed E-state index contributed by atoms with van der Waals surface area (Å²) in [5, 5.41) is 7.70. The third-order valence-corrected chi connectivity index (χ3v) is 4.22. The Morgan fingerprint density at radius 3 is 1.57 bits per heavy atom. The lowest BCUT2D eigenvalue weighted by Gasteiger charge is -2.09. The minimum absolute atomic E-state index is 0.345. The summed E-state index contributed by atoms with van der Waals surface area (Å²) in [6, 6.07) is 10.3. The monoisotopic (exact) mass is 480 g/mol. The van der Waals surface area contributed by atoms with E-state index < -0.39 is 18.2 Å². The highest BCUT2D eigenvalue weighted by atomic mass is 16.5. The molecule has 2 aromatic rings. The second-order valence-corrected chi connectivity index (χ2v) is 6.78. The number of carbonyl (C=O) groups excluding carboxylic acids is 2. The number of carbonyl (C=O) groups is 2. The standard InChI is InChI=1S/C25H28N4O6/c1-5-11-34-20-9-7-18(13-22(20)32-3)16-26-28-24(30)15-25(31)29-27-17-19-8-10-21(35-12-6-2)23(14-19)33-4/h5-10,13-14,16-17H,1-2,11-12,15H2,3-4H3,(H,28,30)(H,29,31). The van der Waals surface area contributed by atoms with Crippen LogP contribution in [-0.2, 0) is 9.59 Å². The van der Waals surface area contributed by atoms with Crippen molar-refractivity contribution >= 4 is 24.2 Å². The molecule has 0 aromatic heterocycles. The number of benzene rings is 2. The Bertz CT molecular complexity index is 1010. The second kappa shape index (κ2) is 14.5. The summed E-state index contributed by atoms with van der Waals surface area (Å²) < 4.78 is 21.5. The first kappa shape index (κ1) is 26.7. The van der Waals surface area contributed by atoms with Gasteiger partial charge in [0.25, 0.3) is 0 Å². The second-order valence-electron chi connectivity index (χ2n) is 6.78. The number of hydrogen-bond acceptors (Lipinski definition) is 8. The van der Waals surface area contributed by atoms with Gasteiger partial charge in [0, 0.05) is 0 Å². The van der Waals surface area contributed by atoms with Crippen LogP contribution in [0, 0.1) is 0 Å². The van der Waals surface area contributed by atoms with E-state index in [4.69, 9.17) is 18.9 Å². The van der Waals surface area contributed by atoms with Gasteiger partial charge in [-0.25, -0.2) is 10.9 Å². The van der Waals surface area contributed by atoms with Gasteiger partial charge in [-0.15, -0.1) is 0 Å². The summed E-state index contributed by atoms with van der Waals surface area (Å²) in [6.07, 6.45) is 5.64. The van der Waals surface area contributed by atoms with Crippen molar-refractivity contribution in [1.29, 1.82) is 0 Å². The maximum Gasteiger partial charge on any atom is 0.249 e. The largest absolute Gasteiger partial charge is 0.493 e. The highest BCUT2D eigenvalue weighted by molar-refractivity contribution is 5.97. The molecule has 0 aliphatic heterocycles. The van der Waals surface area contributed by atoms with Gasteiger partial charge in [0.1, 0.15) is 19.6 Å². The molecule has 2 aromatic carbocycles. The lowest BCUT2D eigenvalue weighted by atomic mass is 10.2. The van der Waals surface area contributed by atoms with Gasteiger partial charge in [-0.2, -0.15) is 10.2 Å². The summed E-state index contributed by atoms with van der Waals surface area (Å²) in [5.74, 6) is 0.934. The van der Waals surface area contributed by atoms with Crippen molar-refractivity contribution in [2.75, 3.05) is 27.4 Å². The van der Waals surface area contributed by atoms with Crippen LogP contribution in [-0.4, -0.2) is 51.7 Å². The molecule has 10 heteroatoms. The van der Waals surface area contributed by atoms with Crippen LogP contribution in [0.1, 0.15) is 17.5 Å². The highest BCUT2D eigenvalue weighted by Crippen LogP contribution is 2.28. The van der Waals surface area contributed by atoms with Gasteiger partial charge in [0.2, 0.25) is 11.8 Å². The molecule has 0 aliphatic rings. The lowest BCUT2D eigenvalue weighted by Crippen LogP contribution is -2.27. The van der Waals surface area contributed by atoms with Gasteiger partial charge >= 0.3 is 0 Å². The molecule has 0 atom stereocenters. The average Bonchev–Trinajstić information content (AvgIpc) is 2.86. The highest BCUT2D eigenvalue weighted by Gasteiger charge is 2.09. The van der Waals surface area contributed by atoms with Crippen molar-refractivity contribution in [3.63, 3.8) is 0 Å². The Kier molecular flexibility index (Phi) is 11.1. The Hall–Kier alpha value is -4.60. The van der Waals surface area contributed by atoms with E-state index in [0.29, 0.717) is 47.3 Å². The Balaban J connectivity index is 1.83. The van der Waals surface area contributed by atoms with Crippen molar-refractivity contribution in [2.24, 2.45) is 10.2 Å². The Labute approximate surface area is 203 Å². The summed E-state index contributed by atoms with van der Waals surface area (Å²) in [6.45, 7) is 7.89. The van der Waals surface area contributed by atoms with Crippen LogP contribution in [0.2, 0.25) is 0 Å². The predicted octanol–water partition coefficient (Wildman–Crippen LogP) is 2.82. The molecule has 0 aliphatic carbocycles. The van der Waals surface area contributed by atoms with E-state index in [2.05, 4.69) is 34.2 Å². The van der Waals surface area contributed by atoms with Crippen molar-refractivity contribution in [3.8, 4) is 23.0 Å². The van der Waals surface area contributed by atoms with Crippen LogP contribution in [0.25, 0.3) is 0 Å². The van der Waals surface area contributed by atoms with E-state index in [1.807, 2.05) is 0 Å². The predicted molar refractivity (Wildman–Crippen MR) is 133 cm³/mol. The third kappa shape index (κ3) is 9.04. The first-order valence-corrected chi connectivity index (χ1v) is 10.5.